The molecule has 0 aromatic heterocycles. The lowest BCUT2D eigenvalue weighted by Gasteiger charge is -2.13. The minimum absolute atomic E-state index is 0.0804. The fraction of sp³-hybridized carbons (Fsp3) is 0.176. The first-order valence-electron chi connectivity index (χ1n) is 6.99. The zero-order valence-electron chi connectivity index (χ0n) is 12.7. The fourth-order valence-corrected chi connectivity index (χ4v) is 2.17. The highest BCUT2D eigenvalue weighted by molar-refractivity contribution is 9.10. The summed E-state index contributed by atoms with van der Waals surface area (Å²) in [5, 5.41) is 8.59. The molecule has 1 atom stereocenters. The van der Waals surface area contributed by atoms with Crippen LogP contribution in [0.4, 0.5) is 4.39 Å². The van der Waals surface area contributed by atoms with Crippen molar-refractivity contribution < 1.29 is 28.6 Å². The zero-order chi connectivity index (χ0) is 17.7. The molecule has 0 saturated carbocycles. The Morgan fingerprint density at radius 2 is 1.79 bits per heavy atom. The van der Waals surface area contributed by atoms with E-state index in [1.54, 1.807) is 30.3 Å². The summed E-state index contributed by atoms with van der Waals surface area (Å²) in [6.45, 7) is 1.48. The van der Waals surface area contributed by atoms with Crippen molar-refractivity contribution in [1.29, 1.82) is 0 Å². The van der Waals surface area contributed by atoms with E-state index < -0.39 is 30.1 Å². The Kier molecular flexibility index (Phi) is 5.92. The molecule has 1 unspecified atom stereocenters. The number of aliphatic carboxylic acids is 1. The second kappa shape index (κ2) is 7.92. The average molecular weight is 397 g/mol. The van der Waals surface area contributed by atoms with Gasteiger partial charge in [-0.15, -0.1) is 0 Å². The molecule has 0 aliphatic rings. The van der Waals surface area contributed by atoms with Gasteiger partial charge in [0.15, 0.2) is 23.5 Å². The standard InChI is InChI=1S/C17H14BrFO5/c1-10(15(20)9-17(21)22)23-12-3-5-13(6-4-12)24-16-7-2-11(18)8-14(16)19/h2-8,10H,9H2,1H3,(H,21,22). The van der Waals surface area contributed by atoms with E-state index in [4.69, 9.17) is 14.6 Å². The number of carboxylic acids is 1. The van der Waals surface area contributed by atoms with Crippen LogP contribution >= 0.6 is 15.9 Å². The van der Waals surface area contributed by atoms with Crippen LogP contribution in [0.1, 0.15) is 13.3 Å². The molecule has 24 heavy (non-hydrogen) atoms. The van der Waals surface area contributed by atoms with Crippen LogP contribution in [0.3, 0.4) is 0 Å². The maximum absolute atomic E-state index is 13.7. The van der Waals surface area contributed by atoms with Gasteiger partial charge in [-0.1, -0.05) is 15.9 Å². The number of carboxylic acid groups (broad SMARTS) is 1. The summed E-state index contributed by atoms with van der Waals surface area (Å²) in [5.41, 5.74) is 0. The maximum atomic E-state index is 13.7. The average Bonchev–Trinajstić information content (AvgIpc) is 2.51. The summed E-state index contributed by atoms with van der Waals surface area (Å²) in [6, 6.07) is 10.7. The molecule has 0 aliphatic heterocycles. The summed E-state index contributed by atoms with van der Waals surface area (Å²) < 4.78 is 25.1. The van der Waals surface area contributed by atoms with Gasteiger partial charge in [-0.05, 0) is 49.4 Å². The molecule has 0 spiro atoms. The van der Waals surface area contributed by atoms with Gasteiger partial charge < -0.3 is 14.6 Å². The van der Waals surface area contributed by atoms with Crippen LogP contribution < -0.4 is 9.47 Å². The molecule has 2 aromatic rings. The van der Waals surface area contributed by atoms with E-state index >= 15 is 0 Å². The Balaban J connectivity index is 2.00. The van der Waals surface area contributed by atoms with E-state index in [2.05, 4.69) is 15.9 Å². The maximum Gasteiger partial charge on any atom is 0.311 e. The van der Waals surface area contributed by atoms with Gasteiger partial charge in [0.25, 0.3) is 0 Å². The number of hydrogen-bond acceptors (Lipinski definition) is 4. The number of Topliss-reactive ketones (excluding diaryl/α,β-unsaturated/α-hetero) is 1. The van der Waals surface area contributed by atoms with Crippen molar-refractivity contribution in [3.63, 3.8) is 0 Å². The van der Waals surface area contributed by atoms with Crippen LogP contribution in [0.2, 0.25) is 0 Å². The number of carbonyl (C=O) groups is 2. The summed E-state index contributed by atoms with van der Waals surface area (Å²) in [5.74, 6) is -1.37. The number of ketones is 1. The lowest BCUT2D eigenvalue weighted by Crippen LogP contribution is -2.25. The molecule has 2 aromatic carbocycles. The summed E-state index contributed by atoms with van der Waals surface area (Å²) in [4.78, 5) is 22.1. The number of halogens is 2. The summed E-state index contributed by atoms with van der Waals surface area (Å²) in [7, 11) is 0. The highest BCUT2D eigenvalue weighted by atomic mass is 79.9. The molecular formula is C17H14BrFO5. The predicted molar refractivity (Wildman–Crippen MR) is 88.0 cm³/mol. The van der Waals surface area contributed by atoms with Crippen molar-refractivity contribution in [2.24, 2.45) is 0 Å². The van der Waals surface area contributed by atoms with E-state index in [1.165, 1.54) is 19.1 Å². The molecule has 0 fully saturated rings. The van der Waals surface area contributed by atoms with Crippen molar-refractivity contribution in [3.05, 3.63) is 52.8 Å². The number of benzene rings is 2. The Morgan fingerprint density at radius 1 is 1.17 bits per heavy atom. The van der Waals surface area contributed by atoms with Gasteiger partial charge in [-0.2, -0.15) is 0 Å². The van der Waals surface area contributed by atoms with E-state index in [1.807, 2.05) is 0 Å². The molecule has 0 saturated heterocycles. The molecule has 126 valence electrons. The minimum atomic E-state index is -1.20. The lowest BCUT2D eigenvalue weighted by molar-refractivity contribution is -0.141. The minimum Gasteiger partial charge on any atom is -0.483 e. The SMILES string of the molecule is CC(Oc1ccc(Oc2ccc(Br)cc2F)cc1)C(=O)CC(=O)O. The van der Waals surface area contributed by atoms with E-state index in [0.29, 0.717) is 16.0 Å². The van der Waals surface area contributed by atoms with Gasteiger partial charge in [-0.25, -0.2) is 4.39 Å². The van der Waals surface area contributed by atoms with Crippen LogP contribution in [0.15, 0.2) is 46.9 Å². The Morgan fingerprint density at radius 3 is 2.38 bits per heavy atom. The largest absolute Gasteiger partial charge is 0.483 e. The third-order valence-electron chi connectivity index (χ3n) is 3.04. The Hall–Kier alpha value is -2.41. The first-order valence-corrected chi connectivity index (χ1v) is 7.78. The smallest absolute Gasteiger partial charge is 0.311 e. The quantitative estimate of drug-likeness (QED) is 0.710. The van der Waals surface area contributed by atoms with Gasteiger partial charge in [0.2, 0.25) is 0 Å². The molecule has 0 radical (unpaired) electrons. The molecule has 5 nitrogen and oxygen atoms in total. The van der Waals surface area contributed by atoms with Crippen molar-refractivity contribution in [2.75, 3.05) is 0 Å². The Labute approximate surface area is 146 Å². The summed E-state index contributed by atoms with van der Waals surface area (Å²) in [6.07, 6.45) is -1.47. The fourth-order valence-electron chi connectivity index (χ4n) is 1.83. The normalized spacial score (nSPS) is 11.6. The molecule has 0 bridgehead atoms. The second-order valence-electron chi connectivity index (χ2n) is 4.95. The number of carbonyl (C=O) groups excluding carboxylic acids is 1. The molecule has 0 aliphatic carbocycles. The van der Waals surface area contributed by atoms with Gasteiger partial charge in [0.05, 0.1) is 0 Å². The van der Waals surface area contributed by atoms with Crippen molar-refractivity contribution in [2.45, 2.75) is 19.4 Å². The third kappa shape index (κ3) is 5.06. The molecule has 7 heteroatoms. The zero-order valence-corrected chi connectivity index (χ0v) is 14.2. The number of ether oxygens (including phenoxy) is 2. The molecule has 1 N–H and O–H groups in total. The van der Waals surface area contributed by atoms with Gasteiger partial charge in [0.1, 0.15) is 17.9 Å². The van der Waals surface area contributed by atoms with Crippen LogP contribution in [-0.4, -0.2) is 23.0 Å². The predicted octanol–water partition coefficient (Wildman–Crippen LogP) is 4.19. The number of hydrogen-bond donors (Lipinski definition) is 1. The lowest BCUT2D eigenvalue weighted by atomic mass is 10.2. The van der Waals surface area contributed by atoms with E-state index in [0.717, 1.165) is 0 Å². The topological polar surface area (TPSA) is 72.8 Å². The van der Waals surface area contributed by atoms with E-state index in [-0.39, 0.29) is 5.75 Å². The van der Waals surface area contributed by atoms with Crippen LogP contribution in [0, 0.1) is 5.82 Å². The third-order valence-corrected chi connectivity index (χ3v) is 3.53. The van der Waals surface area contributed by atoms with Crippen molar-refractivity contribution in [3.8, 4) is 17.2 Å². The summed E-state index contributed by atoms with van der Waals surface area (Å²) >= 11 is 3.16. The van der Waals surface area contributed by atoms with Crippen molar-refractivity contribution >= 4 is 27.7 Å². The first-order chi connectivity index (χ1) is 11.3. The molecule has 0 heterocycles. The van der Waals surface area contributed by atoms with Crippen LogP contribution in [-0.2, 0) is 9.59 Å². The van der Waals surface area contributed by atoms with Gasteiger partial charge >= 0.3 is 5.97 Å². The van der Waals surface area contributed by atoms with Crippen molar-refractivity contribution in [1.82, 2.24) is 0 Å². The number of rotatable bonds is 7. The molecular weight excluding hydrogens is 383 g/mol. The highest BCUT2D eigenvalue weighted by Gasteiger charge is 2.17. The monoisotopic (exact) mass is 396 g/mol. The molecule has 0 amide bonds. The highest BCUT2D eigenvalue weighted by Crippen LogP contribution is 2.28. The van der Waals surface area contributed by atoms with E-state index in [9.17, 15) is 14.0 Å². The van der Waals surface area contributed by atoms with Gasteiger partial charge in [-0.3, -0.25) is 9.59 Å². The molecule has 2 rings (SSSR count). The second-order valence-corrected chi connectivity index (χ2v) is 5.86. The first kappa shape index (κ1) is 17.9. The van der Waals surface area contributed by atoms with Gasteiger partial charge in [0, 0.05) is 4.47 Å². The Bertz CT molecular complexity index is 745. The van der Waals surface area contributed by atoms with Crippen LogP contribution in [0.25, 0.3) is 0 Å². The van der Waals surface area contributed by atoms with Crippen LogP contribution in [0.5, 0.6) is 17.2 Å².